The summed E-state index contributed by atoms with van der Waals surface area (Å²) < 4.78 is 0. The molecular weight excluding hydrogens is 350 g/mol. The lowest BCUT2D eigenvalue weighted by molar-refractivity contribution is 0.0948. The van der Waals surface area contributed by atoms with Crippen molar-refractivity contribution in [3.8, 4) is 0 Å². The molecule has 0 fully saturated rings. The van der Waals surface area contributed by atoms with Crippen molar-refractivity contribution in [2.45, 2.75) is 33.6 Å². The van der Waals surface area contributed by atoms with Crippen LogP contribution in [-0.2, 0) is 0 Å². The topological polar surface area (TPSA) is 61.4 Å². The van der Waals surface area contributed by atoms with E-state index in [9.17, 15) is 9.59 Å². The van der Waals surface area contributed by atoms with Crippen LogP contribution in [0.2, 0.25) is 0 Å². The predicted molar refractivity (Wildman–Crippen MR) is 115 cm³/mol. The molecule has 2 amide bonds. The summed E-state index contributed by atoms with van der Waals surface area (Å²) in [7, 11) is 0. The number of rotatable bonds is 9. The van der Waals surface area contributed by atoms with Crippen LogP contribution in [0.1, 0.15) is 59.9 Å². The first-order valence-corrected chi connectivity index (χ1v) is 9.96. The molecule has 5 nitrogen and oxygen atoms in total. The number of nitrogens with one attached hydrogen (secondary N) is 2. The lowest BCUT2D eigenvalue weighted by Crippen LogP contribution is -2.34. The molecule has 5 heteroatoms. The monoisotopic (exact) mass is 381 g/mol. The van der Waals surface area contributed by atoms with E-state index in [2.05, 4.69) is 43.2 Å². The zero-order chi connectivity index (χ0) is 20.5. The third kappa shape index (κ3) is 6.20. The Morgan fingerprint density at radius 1 is 0.857 bits per heavy atom. The van der Waals surface area contributed by atoms with Gasteiger partial charge in [0.05, 0.1) is 0 Å². The van der Waals surface area contributed by atoms with E-state index in [1.54, 1.807) is 24.3 Å². The quantitative estimate of drug-likeness (QED) is 0.686. The molecule has 0 heterocycles. The fraction of sp³-hybridized carbons (Fsp3) is 0.391. The zero-order valence-corrected chi connectivity index (χ0v) is 17.3. The highest BCUT2D eigenvalue weighted by Crippen LogP contribution is 2.16. The molecule has 0 atom stereocenters. The van der Waals surface area contributed by atoms with E-state index in [1.807, 2.05) is 24.3 Å². The van der Waals surface area contributed by atoms with E-state index in [4.69, 9.17) is 0 Å². The van der Waals surface area contributed by atoms with Crippen LogP contribution >= 0.6 is 0 Å². The summed E-state index contributed by atoms with van der Waals surface area (Å²) >= 11 is 0. The van der Waals surface area contributed by atoms with Crippen LogP contribution < -0.4 is 10.6 Å². The molecule has 0 unspecified atom stereocenters. The Labute approximate surface area is 168 Å². The van der Waals surface area contributed by atoms with Crippen molar-refractivity contribution in [3.63, 3.8) is 0 Å². The van der Waals surface area contributed by atoms with Crippen molar-refractivity contribution < 1.29 is 9.59 Å². The smallest absolute Gasteiger partial charge is 0.255 e. The number of amides is 2. The molecule has 0 aliphatic rings. The number of hydrogen-bond acceptors (Lipinski definition) is 3. The second-order valence-electron chi connectivity index (χ2n) is 7.09. The van der Waals surface area contributed by atoms with E-state index < -0.39 is 0 Å². The normalized spacial score (nSPS) is 10.9. The minimum Gasteiger partial charge on any atom is -0.351 e. The summed E-state index contributed by atoms with van der Waals surface area (Å²) in [4.78, 5) is 26.9. The van der Waals surface area contributed by atoms with Gasteiger partial charge >= 0.3 is 0 Å². The molecule has 2 rings (SSSR count). The van der Waals surface area contributed by atoms with Crippen LogP contribution in [0.25, 0.3) is 0 Å². The van der Waals surface area contributed by atoms with Gasteiger partial charge in [0.15, 0.2) is 0 Å². The Morgan fingerprint density at radius 2 is 1.39 bits per heavy atom. The van der Waals surface area contributed by atoms with Gasteiger partial charge in [0.25, 0.3) is 11.8 Å². The predicted octanol–water partition coefficient (Wildman–Crippen LogP) is 4.13. The summed E-state index contributed by atoms with van der Waals surface area (Å²) in [6.45, 7) is 11.9. The highest BCUT2D eigenvalue weighted by Gasteiger charge is 2.09. The molecule has 28 heavy (non-hydrogen) atoms. The molecule has 0 saturated carbocycles. The lowest BCUT2D eigenvalue weighted by atomic mass is 10.0. The molecule has 2 N–H and O–H groups in total. The first kappa shape index (κ1) is 21.6. The summed E-state index contributed by atoms with van der Waals surface area (Å²) in [5.74, 6) is 0.170. The van der Waals surface area contributed by atoms with Crippen LogP contribution in [0.4, 0.5) is 5.69 Å². The van der Waals surface area contributed by atoms with Crippen molar-refractivity contribution in [3.05, 3.63) is 65.2 Å². The van der Waals surface area contributed by atoms with Gasteiger partial charge in [0.2, 0.25) is 0 Å². The maximum Gasteiger partial charge on any atom is 0.255 e. The summed E-state index contributed by atoms with van der Waals surface area (Å²) in [5, 5.41) is 5.80. The average molecular weight is 382 g/mol. The standard InChI is InChI=1S/C23H31N3O2/c1-5-26(6-2)16-15-24-22(27)19-11-13-21(14-12-19)25-23(28)20-9-7-18(8-10-20)17(3)4/h7-14,17H,5-6,15-16H2,1-4H3,(H,24,27)(H,25,28). The molecule has 2 aromatic carbocycles. The van der Waals surface area contributed by atoms with Crippen LogP contribution in [-0.4, -0.2) is 42.9 Å². The first-order chi connectivity index (χ1) is 13.4. The van der Waals surface area contributed by atoms with Gasteiger partial charge in [-0.15, -0.1) is 0 Å². The number of carbonyl (C=O) groups excluding carboxylic acids is 2. The highest BCUT2D eigenvalue weighted by atomic mass is 16.2. The van der Waals surface area contributed by atoms with Crippen LogP contribution in [0.3, 0.4) is 0 Å². The van der Waals surface area contributed by atoms with Gasteiger partial charge in [-0.05, 0) is 61.0 Å². The average Bonchev–Trinajstić information content (AvgIpc) is 2.71. The molecule has 0 aliphatic carbocycles. The van der Waals surface area contributed by atoms with Gasteiger partial charge in [-0.2, -0.15) is 0 Å². The fourth-order valence-corrected chi connectivity index (χ4v) is 2.90. The molecule has 0 aliphatic heterocycles. The summed E-state index contributed by atoms with van der Waals surface area (Å²) in [6.07, 6.45) is 0. The number of hydrogen-bond donors (Lipinski definition) is 2. The van der Waals surface area contributed by atoms with Gasteiger partial charge < -0.3 is 15.5 Å². The molecular formula is C23H31N3O2. The van der Waals surface area contributed by atoms with Gasteiger partial charge in [-0.1, -0.05) is 39.8 Å². The Balaban J connectivity index is 1.89. The Bertz CT molecular complexity index is 763. The SMILES string of the molecule is CCN(CC)CCNC(=O)c1ccc(NC(=O)c2ccc(C(C)C)cc2)cc1. The number of nitrogens with zero attached hydrogens (tertiary/aromatic N) is 1. The number of carbonyl (C=O) groups is 2. The third-order valence-electron chi connectivity index (χ3n) is 4.85. The van der Waals surface area contributed by atoms with Crippen molar-refractivity contribution in [1.82, 2.24) is 10.2 Å². The Hall–Kier alpha value is -2.66. The Morgan fingerprint density at radius 3 is 1.93 bits per heavy atom. The first-order valence-electron chi connectivity index (χ1n) is 9.96. The summed E-state index contributed by atoms with van der Waals surface area (Å²) in [5.41, 5.74) is 3.06. The van der Waals surface area contributed by atoms with Gasteiger partial charge in [-0.25, -0.2) is 0 Å². The second kappa shape index (κ2) is 10.6. The minimum atomic E-state index is -0.160. The van der Waals surface area contributed by atoms with E-state index in [1.165, 1.54) is 5.56 Å². The lowest BCUT2D eigenvalue weighted by Gasteiger charge is -2.18. The number of likely N-dealkylation sites (N-methyl/N-ethyl adjacent to an activating group) is 1. The van der Waals surface area contributed by atoms with Gasteiger partial charge in [-0.3, -0.25) is 9.59 Å². The van der Waals surface area contributed by atoms with E-state index >= 15 is 0 Å². The van der Waals surface area contributed by atoms with Gasteiger partial charge in [0.1, 0.15) is 0 Å². The van der Waals surface area contributed by atoms with Crippen molar-refractivity contribution in [2.75, 3.05) is 31.5 Å². The second-order valence-corrected chi connectivity index (χ2v) is 7.09. The minimum absolute atomic E-state index is 0.102. The molecule has 2 aromatic rings. The highest BCUT2D eigenvalue weighted by molar-refractivity contribution is 6.04. The maximum absolute atomic E-state index is 12.4. The number of benzene rings is 2. The van der Waals surface area contributed by atoms with Crippen LogP contribution in [0, 0.1) is 0 Å². The fourth-order valence-electron chi connectivity index (χ4n) is 2.90. The Kier molecular flexibility index (Phi) is 8.20. The zero-order valence-electron chi connectivity index (χ0n) is 17.3. The molecule has 0 saturated heterocycles. The van der Waals surface area contributed by atoms with Crippen molar-refractivity contribution >= 4 is 17.5 Å². The van der Waals surface area contributed by atoms with Crippen LogP contribution in [0.15, 0.2) is 48.5 Å². The van der Waals surface area contributed by atoms with E-state index in [0.717, 1.165) is 19.6 Å². The van der Waals surface area contributed by atoms with Gasteiger partial charge in [0, 0.05) is 29.9 Å². The third-order valence-corrected chi connectivity index (χ3v) is 4.85. The van der Waals surface area contributed by atoms with E-state index in [-0.39, 0.29) is 11.8 Å². The maximum atomic E-state index is 12.4. The molecule has 0 bridgehead atoms. The van der Waals surface area contributed by atoms with Crippen molar-refractivity contribution in [2.24, 2.45) is 0 Å². The van der Waals surface area contributed by atoms with Crippen molar-refractivity contribution in [1.29, 1.82) is 0 Å². The molecule has 0 spiro atoms. The summed E-state index contributed by atoms with van der Waals surface area (Å²) in [6, 6.07) is 14.6. The molecule has 0 radical (unpaired) electrons. The molecule has 0 aromatic heterocycles. The van der Waals surface area contributed by atoms with Crippen LogP contribution in [0.5, 0.6) is 0 Å². The molecule has 150 valence electrons. The van der Waals surface area contributed by atoms with E-state index in [0.29, 0.717) is 29.3 Å². The largest absolute Gasteiger partial charge is 0.351 e. The number of anilines is 1.